The van der Waals surface area contributed by atoms with Gasteiger partial charge in [-0.3, -0.25) is 0 Å². The molecule has 2 aromatic rings. The molecule has 1 atom stereocenters. The molecule has 1 aromatic carbocycles. The summed E-state index contributed by atoms with van der Waals surface area (Å²) in [5.74, 6) is 0.326. The van der Waals surface area contributed by atoms with Crippen molar-refractivity contribution in [1.29, 1.82) is 0 Å². The Morgan fingerprint density at radius 3 is 2.58 bits per heavy atom. The molecule has 100 valence electrons. The van der Waals surface area contributed by atoms with Gasteiger partial charge in [0.2, 0.25) is 0 Å². The van der Waals surface area contributed by atoms with Crippen molar-refractivity contribution in [3.05, 3.63) is 58.4 Å². The molecule has 2 rings (SSSR count). The van der Waals surface area contributed by atoms with Crippen molar-refractivity contribution in [2.75, 3.05) is 7.05 Å². The average Bonchev–Trinajstić information content (AvgIpc) is 2.40. The fourth-order valence-corrected chi connectivity index (χ4v) is 2.08. The van der Waals surface area contributed by atoms with Gasteiger partial charge in [0.1, 0.15) is 11.6 Å². The Kier molecular flexibility index (Phi) is 4.45. The van der Waals surface area contributed by atoms with Gasteiger partial charge in [-0.25, -0.2) is 14.4 Å². The zero-order valence-corrected chi connectivity index (χ0v) is 11.6. The zero-order chi connectivity index (χ0) is 13.8. The number of halogens is 2. The van der Waals surface area contributed by atoms with Crippen molar-refractivity contribution in [2.45, 2.75) is 19.4 Å². The van der Waals surface area contributed by atoms with Crippen molar-refractivity contribution in [1.82, 2.24) is 15.3 Å². The van der Waals surface area contributed by atoms with Crippen LogP contribution in [0.4, 0.5) is 4.39 Å². The van der Waals surface area contributed by atoms with Crippen LogP contribution in [0.1, 0.15) is 23.0 Å². The van der Waals surface area contributed by atoms with E-state index in [1.165, 1.54) is 6.07 Å². The first-order chi connectivity index (χ1) is 9.11. The molecule has 0 spiro atoms. The SMILES string of the molecule is CNC(Cc1c(F)cccc1Cl)c1ncc(C)cn1. The molecule has 0 amide bonds. The van der Waals surface area contributed by atoms with E-state index in [0.717, 1.165) is 5.56 Å². The van der Waals surface area contributed by atoms with Gasteiger partial charge in [-0.1, -0.05) is 17.7 Å². The maximum atomic E-state index is 13.8. The fourth-order valence-electron chi connectivity index (χ4n) is 1.84. The number of nitrogens with one attached hydrogen (secondary N) is 1. The largest absolute Gasteiger partial charge is 0.310 e. The van der Waals surface area contributed by atoms with E-state index < -0.39 is 0 Å². The first-order valence-electron chi connectivity index (χ1n) is 6.00. The molecule has 0 saturated heterocycles. The van der Waals surface area contributed by atoms with Crippen LogP contribution < -0.4 is 5.32 Å². The molecule has 0 radical (unpaired) electrons. The number of aryl methyl sites for hydroxylation is 1. The summed E-state index contributed by atoms with van der Waals surface area (Å²) < 4.78 is 13.8. The number of likely N-dealkylation sites (N-methyl/N-ethyl adjacent to an activating group) is 1. The van der Waals surface area contributed by atoms with E-state index in [4.69, 9.17) is 11.6 Å². The van der Waals surface area contributed by atoms with Crippen LogP contribution in [-0.2, 0) is 6.42 Å². The number of nitrogens with zero attached hydrogens (tertiary/aromatic N) is 2. The molecule has 1 heterocycles. The van der Waals surface area contributed by atoms with Gasteiger partial charge < -0.3 is 5.32 Å². The summed E-state index contributed by atoms with van der Waals surface area (Å²) in [6.07, 6.45) is 3.90. The van der Waals surface area contributed by atoms with Gasteiger partial charge in [0, 0.05) is 23.0 Å². The van der Waals surface area contributed by atoms with Gasteiger partial charge in [-0.15, -0.1) is 0 Å². The molecule has 0 fully saturated rings. The van der Waals surface area contributed by atoms with E-state index >= 15 is 0 Å². The highest BCUT2D eigenvalue weighted by Gasteiger charge is 2.17. The van der Waals surface area contributed by atoms with Gasteiger partial charge in [0.15, 0.2) is 0 Å². The number of hydrogen-bond donors (Lipinski definition) is 1. The van der Waals surface area contributed by atoms with E-state index in [9.17, 15) is 4.39 Å². The molecule has 0 aliphatic carbocycles. The summed E-state index contributed by atoms with van der Waals surface area (Å²) >= 11 is 6.03. The predicted molar refractivity (Wildman–Crippen MR) is 73.7 cm³/mol. The smallest absolute Gasteiger partial charge is 0.145 e. The fraction of sp³-hybridized carbons (Fsp3) is 0.286. The van der Waals surface area contributed by atoms with E-state index in [-0.39, 0.29) is 11.9 Å². The second-order valence-corrected chi connectivity index (χ2v) is 4.77. The molecule has 19 heavy (non-hydrogen) atoms. The summed E-state index contributed by atoms with van der Waals surface area (Å²) in [5, 5.41) is 3.51. The quantitative estimate of drug-likeness (QED) is 0.935. The summed E-state index contributed by atoms with van der Waals surface area (Å²) in [6, 6.07) is 4.51. The third-order valence-electron chi connectivity index (χ3n) is 2.93. The summed E-state index contributed by atoms with van der Waals surface area (Å²) in [5.41, 5.74) is 1.47. The van der Waals surface area contributed by atoms with E-state index in [1.54, 1.807) is 31.6 Å². The maximum absolute atomic E-state index is 13.8. The highest BCUT2D eigenvalue weighted by Crippen LogP contribution is 2.24. The Balaban J connectivity index is 2.26. The molecule has 0 saturated carbocycles. The van der Waals surface area contributed by atoms with E-state index in [1.807, 2.05) is 6.92 Å². The lowest BCUT2D eigenvalue weighted by atomic mass is 10.0. The molecule has 1 unspecified atom stereocenters. The molecule has 0 aliphatic rings. The standard InChI is InChI=1S/C14H15ClFN3/c1-9-7-18-14(19-8-9)13(17-2)6-10-11(15)4-3-5-12(10)16/h3-5,7-8,13,17H,6H2,1-2H3. The Labute approximate surface area is 116 Å². The van der Waals surface area contributed by atoms with Gasteiger partial charge in [0.05, 0.1) is 6.04 Å². The monoisotopic (exact) mass is 279 g/mol. The minimum atomic E-state index is -0.306. The maximum Gasteiger partial charge on any atom is 0.145 e. The summed E-state index contributed by atoms with van der Waals surface area (Å²) in [4.78, 5) is 8.53. The first kappa shape index (κ1) is 13.9. The van der Waals surface area contributed by atoms with Crippen LogP contribution in [0.3, 0.4) is 0 Å². The molecule has 1 aromatic heterocycles. The van der Waals surface area contributed by atoms with Crippen molar-refractivity contribution in [2.24, 2.45) is 0 Å². The Morgan fingerprint density at radius 1 is 1.32 bits per heavy atom. The highest BCUT2D eigenvalue weighted by molar-refractivity contribution is 6.31. The number of benzene rings is 1. The normalized spacial score (nSPS) is 12.4. The highest BCUT2D eigenvalue weighted by atomic mass is 35.5. The van der Waals surface area contributed by atoms with Gasteiger partial charge in [0.25, 0.3) is 0 Å². The van der Waals surface area contributed by atoms with E-state index in [0.29, 0.717) is 22.8 Å². The summed E-state index contributed by atoms with van der Waals surface area (Å²) in [7, 11) is 1.79. The minimum absolute atomic E-state index is 0.171. The van der Waals surface area contributed by atoms with Crippen molar-refractivity contribution in [3.8, 4) is 0 Å². The Morgan fingerprint density at radius 2 is 2.00 bits per heavy atom. The van der Waals surface area contributed by atoms with Crippen molar-refractivity contribution >= 4 is 11.6 Å². The van der Waals surface area contributed by atoms with Crippen molar-refractivity contribution in [3.63, 3.8) is 0 Å². The van der Waals surface area contributed by atoms with Crippen LogP contribution in [0.5, 0.6) is 0 Å². The van der Waals surface area contributed by atoms with Crippen LogP contribution in [0.25, 0.3) is 0 Å². The molecule has 3 nitrogen and oxygen atoms in total. The predicted octanol–water partition coefficient (Wildman–Crippen LogP) is 3.08. The zero-order valence-electron chi connectivity index (χ0n) is 10.8. The Bertz CT molecular complexity index is 537. The topological polar surface area (TPSA) is 37.8 Å². The summed E-state index contributed by atoms with van der Waals surface area (Å²) in [6.45, 7) is 1.92. The second kappa shape index (κ2) is 6.08. The molecular weight excluding hydrogens is 265 g/mol. The molecule has 0 bridgehead atoms. The number of rotatable bonds is 4. The third-order valence-corrected chi connectivity index (χ3v) is 3.29. The number of aromatic nitrogens is 2. The van der Waals surface area contributed by atoms with Gasteiger partial charge in [-0.05, 0) is 38.1 Å². The Hall–Kier alpha value is -1.52. The van der Waals surface area contributed by atoms with Crippen LogP contribution in [-0.4, -0.2) is 17.0 Å². The lowest BCUT2D eigenvalue weighted by molar-refractivity contribution is 0.532. The van der Waals surface area contributed by atoms with Crippen LogP contribution in [0.15, 0.2) is 30.6 Å². The van der Waals surface area contributed by atoms with Gasteiger partial charge in [-0.2, -0.15) is 0 Å². The van der Waals surface area contributed by atoms with Gasteiger partial charge >= 0.3 is 0 Å². The molecule has 0 aliphatic heterocycles. The van der Waals surface area contributed by atoms with Crippen LogP contribution in [0, 0.1) is 12.7 Å². The molecular formula is C14H15ClFN3. The second-order valence-electron chi connectivity index (χ2n) is 4.36. The van der Waals surface area contributed by atoms with Crippen LogP contribution >= 0.6 is 11.6 Å². The average molecular weight is 280 g/mol. The lowest BCUT2D eigenvalue weighted by Crippen LogP contribution is -2.22. The lowest BCUT2D eigenvalue weighted by Gasteiger charge is -2.16. The molecule has 1 N–H and O–H groups in total. The van der Waals surface area contributed by atoms with Crippen LogP contribution in [0.2, 0.25) is 5.02 Å². The number of hydrogen-bond acceptors (Lipinski definition) is 3. The third kappa shape index (κ3) is 3.28. The van der Waals surface area contributed by atoms with E-state index in [2.05, 4.69) is 15.3 Å². The minimum Gasteiger partial charge on any atom is -0.310 e. The van der Waals surface area contributed by atoms with Crippen molar-refractivity contribution < 1.29 is 4.39 Å². The molecule has 5 heteroatoms. The first-order valence-corrected chi connectivity index (χ1v) is 6.38.